The van der Waals surface area contributed by atoms with Crippen molar-refractivity contribution in [3.8, 4) is 0 Å². The quantitative estimate of drug-likeness (QED) is 0.652. The van der Waals surface area contributed by atoms with Gasteiger partial charge in [-0.25, -0.2) is 4.79 Å². The van der Waals surface area contributed by atoms with Crippen LogP contribution < -0.4 is 5.32 Å². The number of aliphatic hydroxyl groups is 1. The molecule has 0 aromatic rings. The van der Waals surface area contributed by atoms with Gasteiger partial charge in [0.05, 0.1) is 6.61 Å². The van der Waals surface area contributed by atoms with E-state index in [4.69, 9.17) is 9.84 Å². The Balaban J connectivity index is 3.41. The van der Waals surface area contributed by atoms with Crippen LogP contribution in [-0.4, -0.2) is 31.0 Å². The molecule has 0 aliphatic heterocycles. The highest BCUT2D eigenvalue weighted by Gasteiger charge is 2.11. The number of aliphatic hydroxyl groups excluding tert-OH is 1. The first-order valence-corrected chi connectivity index (χ1v) is 4.47. The molecule has 0 atom stereocenters. The molecule has 0 unspecified atom stereocenters. The second-order valence-electron chi connectivity index (χ2n) is 4.13. The number of carbonyl (C=O) groups is 1. The van der Waals surface area contributed by atoms with E-state index in [9.17, 15) is 4.79 Å². The molecule has 0 aliphatic carbocycles. The SMILES string of the molecule is CC(C)(C)CNC(=O)OCCCO. The fourth-order valence-corrected chi connectivity index (χ4v) is 0.618. The van der Waals surface area contributed by atoms with Crippen LogP contribution in [0.4, 0.5) is 4.79 Å². The molecule has 4 heteroatoms. The van der Waals surface area contributed by atoms with Gasteiger partial charge in [0.1, 0.15) is 0 Å². The number of amides is 1. The largest absolute Gasteiger partial charge is 0.449 e. The van der Waals surface area contributed by atoms with E-state index in [1.807, 2.05) is 20.8 Å². The number of hydrogen-bond donors (Lipinski definition) is 2. The maximum atomic E-state index is 10.9. The molecule has 0 saturated carbocycles. The second kappa shape index (κ2) is 5.80. The van der Waals surface area contributed by atoms with Gasteiger partial charge in [-0.3, -0.25) is 0 Å². The molecule has 2 N–H and O–H groups in total. The van der Waals surface area contributed by atoms with Gasteiger partial charge in [0.15, 0.2) is 0 Å². The Morgan fingerprint density at radius 2 is 2.08 bits per heavy atom. The fourth-order valence-electron chi connectivity index (χ4n) is 0.618. The Morgan fingerprint density at radius 3 is 2.54 bits per heavy atom. The van der Waals surface area contributed by atoms with Crippen LogP contribution in [0.25, 0.3) is 0 Å². The highest BCUT2D eigenvalue weighted by atomic mass is 16.5. The number of carbonyl (C=O) groups excluding carboxylic acids is 1. The molecule has 13 heavy (non-hydrogen) atoms. The summed E-state index contributed by atoms with van der Waals surface area (Å²) < 4.78 is 4.77. The predicted octanol–water partition coefficient (Wildman–Crippen LogP) is 1.14. The average molecular weight is 189 g/mol. The zero-order valence-electron chi connectivity index (χ0n) is 8.59. The van der Waals surface area contributed by atoms with E-state index in [0.717, 1.165) is 0 Å². The molecule has 0 spiro atoms. The van der Waals surface area contributed by atoms with Crippen molar-refractivity contribution in [2.45, 2.75) is 27.2 Å². The average Bonchev–Trinajstić information content (AvgIpc) is 2.00. The van der Waals surface area contributed by atoms with Crippen LogP contribution in [0, 0.1) is 5.41 Å². The molecule has 1 amide bonds. The van der Waals surface area contributed by atoms with Gasteiger partial charge >= 0.3 is 6.09 Å². The Bertz CT molecular complexity index is 151. The summed E-state index contributed by atoms with van der Waals surface area (Å²) in [6.07, 6.45) is 0.0755. The predicted molar refractivity (Wildman–Crippen MR) is 50.5 cm³/mol. The van der Waals surface area contributed by atoms with Crippen LogP contribution in [0.2, 0.25) is 0 Å². The van der Waals surface area contributed by atoms with Gasteiger partial charge in [0.25, 0.3) is 0 Å². The third-order valence-corrected chi connectivity index (χ3v) is 1.30. The van der Waals surface area contributed by atoms with E-state index < -0.39 is 6.09 Å². The third-order valence-electron chi connectivity index (χ3n) is 1.30. The monoisotopic (exact) mass is 189 g/mol. The Morgan fingerprint density at radius 1 is 1.46 bits per heavy atom. The summed E-state index contributed by atoms with van der Waals surface area (Å²) in [5.74, 6) is 0. The molecule has 0 heterocycles. The van der Waals surface area contributed by atoms with Crippen LogP contribution in [0.5, 0.6) is 0 Å². The highest BCUT2D eigenvalue weighted by molar-refractivity contribution is 5.67. The van der Waals surface area contributed by atoms with Gasteiger partial charge in [0, 0.05) is 19.6 Å². The van der Waals surface area contributed by atoms with Crippen molar-refractivity contribution in [3.63, 3.8) is 0 Å². The van der Waals surface area contributed by atoms with Crippen LogP contribution in [0.15, 0.2) is 0 Å². The fraction of sp³-hybridized carbons (Fsp3) is 0.889. The van der Waals surface area contributed by atoms with E-state index in [2.05, 4.69) is 5.32 Å². The van der Waals surface area contributed by atoms with Gasteiger partial charge in [-0.2, -0.15) is 0 Å². The summed E-state index contributed by atoms with van der Waals surface area (Å²) in [6, 6.07) is 0. The Hall–Kier alpha value is -0.770. The van der Waals surface area contributed by atoms with Crippen molar-refractivity contribution in [1.82, 2.24) is 5.32 Å². The van der Waals surface area contributed by atoms with E-state index >= 15 is 0 Å². The second-order valence-corrected chi connectivity index (χ2v) is 4.13. The number of nitrogens with one attached hydrogen (secondary N) is 1. The van der Waals surface area contributed by atoms with Crippen LogP contribution >= 0.6 is 0 Å². The lowest BCUT2D eigenvalue weighted by atomic mass is 9.97. The Labute approximate surface area is 79.3 Å². The molecule has 0 saturated heterocycles. The molecule has 0 aliphatic rings. The zero-order valence-corrected chi connectivity index (χ0v) is 8.59. The van der Waals surface area contributed by atoms with E-state index in [1.165, 1.54) is 0 Å². The maximum Gasteiger partial charge on any atom is 0.407 e. The smallest absolute Gasteiger partial charge is 0.407 e. The molecule has 0 bridgehead atoms. The van der Waals surface area contributed by atoms with Crippen LogP contribution in [0.1, 0.15) is 27.2 Å². The van der Waals surface area contributed by atoms with Crippen molar-refractivity contribution in [2.24, 2.45) is 5.41 Å². The zero-order chi connectivity index (χ0) is 10.3. The first kappa shape index (κ1) is 12.2. The van der Waals surface area contributed by atoms with Gasteiger partial charge in [-0.05, 0) is 5.41 Å². The lowest BCUT2D eigenvalue weighted by Gasteiger charge is -2.18. The summed E-state index contributed by atoms with van der Waals surface area (Å²) in [5.41, 5.74) is 0.0655. The molecule has 0 radical (unpaired) electrons. The van der Waals surface area contributed by atoms with Crippen molar-refractivity contribution in [2.75, 3.05) is 19.8 Å². The topological polar surface area (TPSA) is 58.6 Å². The normalized spacial score (nSPS) is 11.1. The van der Waals surface area contributed by atoms with Gasteiger partial charge in [0.2, 0.25) is 0 Å². The van der Waals surface area contributed by atoms with Gasteiger partial charge in [-0.15, -0.1) is 0 Å². The molecule has 0 aromatic carbocycles. The minimum Gasteiger partial charge on any atom is -0.449 e. The van der Waals surface area contributed by atoms with Crippen molar-refractivity contribution in [1.29, 1.82) is 0 Å². The number of rotatable bonds is 4. The van der Waals surface area contributed by atoms with Gasteiger partial charge < -0.3 is 15.2 Å². The Kier molecular flexibility index (Phi) is 5.46. The maximum absolute atomic E-state index is 10.9. The van der Waals surface area contributed by atoms with E-state index in [-0.39, 0.29) is 18.6 Å². The first-order valence-electron chi connectivity index (χ1n) is 4.47. The molecule has 0 aromatic heterocycles. The van der Waals surface area contributed by atoms with Crippen molar-refractivity contribution < 1.29 is 14.6 Å². The third kappa shape index (κ3) is 9.14. The summed E-state index contributed by atoms with van der Waals surface area (Å²) in [6.45, 7) is 6.99. The standard InChI is InChI=1S/C9H19NO3/c1-9(2,3)7-10-8(12)13-6-4-5-11/h11H,4-7H2,1-3H3,(H,10,12). The van der Waals surface area contributed by atoms with Gasteiger partial charge in [-0.1, -0.05) is 20.8 Å². The molecular weight excluding hydrogens is 170 g/mol. The van der Waals surface area contributed by atoms with Crippen molar-refractivity contribution in [3.05, 3.63) is 0 Å². The number of ether oxygens (including phenoxy) is 1. The first-order chi connectivity index (χ1) is 5.95. The molecule has 4 nitrogen and oxygen atoms in total. The number of alkyl carbamates (subject to hydrolysis) is 1. The lowest BCUT2D eigenvalue weighted by molar-refractivity contribution is 0.132. The minimum atomic E-state index is -0.414. The molecule has 78 valence electrons. The number of hydrogen-bond acceptors (Lipinski definition) is 3. The molecule has 0 rings (SSSR count). The summed E-state index contributed by atoms with van der Waals surface area (Å²) >= 11 is 0. The molecular formula is C9H19NO3. The lowest BCUT2D eigenvalue weighted by Crippen LogP contribution is -2.32. The summed E-state index contributed by atoms with van der Waals surface area (Å²) in [4.78, 5) is 10.9. The summed E-state index contributed by atoms with van der Waals surface area (Å²) in [5, 5.41) is 11.1. The highest BCUT2D eigenvalue weighted by Crippen LogP contribution is 2.10. The van der Waals surface area contributed by atoms with Crippen molar-refractivity contribution >= 4 is 6.09 Å². The van der Waals surface area contributed by atoms with Crippen LogP contribution in [-0.2, 0) is 4.74 Å². The summed E-state index contributed by atoms with van der Waals surface area (Å²) in [7, 11) is 0. The molecule has 0 fully saturated rings. The van der Waals surface area contributed by atoms with E-state index in [1.54, 1.807) is 0 Å². The van der Waals surface area contributed by atoms with Crippen LogP contribution in [0.3, 0.4) is 0 Å². The van der Waals surface area contributed by atoms with E-state index in [0.29, 0.717) is 13.0 Å². The minimum absolute atomic E-state index is 0.0482.